The number of hydrogen-bond acceptors (Lipinski definition) is 5. The van der Waals surface area contributed by atoms with Gasteiger partial charge in [0.2, 0.25) is 0 Å². The Morgan fingerprint density at radius 1 is 1.25 bits per heavy atom. The average Bonchev–Trinajstić information content (AvgIpc) is 3.05. The summed E-state index contributed by atoms with van der Waals surface area (Å²) in [5.41, 5.74) is 2.90. The molecule has 0 spiro atoms. The Kier molecular flexibility index (Phi) is 4.91. The molecule has 2 aromatic carbocycles. The van der Waals surface area contributed by atoms with Crippen LogP contribution in [0.4, 0.5) is 10.8 Å². The fourth-order valence-corrected chi connectivity index (χ4v) is 4.00. The van der Waals surface area contributed by atoms with E-state index in [1.807, 2.05) is 37.3 Å². The van der Waals surface area contributed by atoms with Gasteiger partial charge in [0.1, 0.15) is 5.75 Å². The number of carbonyl (C=O) groups is 2. The second-order valence-corrected chi connectivity index (χ2v) is 8.43. The zero-order valence-electron chi connectivity index (χ0n) is 15.2. The number of fused-ring (bicyclic) bond motifs is 1. The molecule has 2 heterocycles. The minimum Gasteiger partial charge on any atom is -0.482 e. The molecular formula is C20H16BrN3O3S. The maximum absolute atomic E-state index is 12.4. The van der Waals surface area contributed by atoms with Gasteiger partial charge in [-0.1, -0.05) is 15.9 Å². The molecule has 0 bridgehead atoms. The van der Waals surface area contributed by atoms with E-state index in [0.717, 1.165) is 20.6 Å². The van der Waals surface area contributed by atoms with Gasteiger partial charge in [-0.3, -0.25) is 14.9 Å². The second kappa shape index (κ2) is 7.37. The van der Waals surface area contributed by atoms with E-state index in [2.05, 4.69) is 26.2 Å². The lowest BCUT2D eigenvalue weighted by molar-refractivity contribution is -0.120. The van der Waals surface area contributed by atoms with Gasteiger partial charge in [-0.05, 0) is 49.4 Å². The van der Waals surface area contributed by atoms with Gasteiger partial charge in [0, 0.05) is 27.5 Å². The van der Waals surface area contributed by atoms with Crippen molar-refractivity contribution in [2.45, 2.75) is 6.92 Å². The number of thiazole rings is 1. The number of halogens is 1. The maximum atomic E-state index is 12.4. The van der Waals surface area contributed by atoms with E-state index in [9.17, 15) is 9.59 Å². The molecule has 1 aliphatic rings. The van der Waals surface area contributed by atoms with E-state index in [-0.39, 0.29) is 18.4 Å². The summed E-state index contributed by atoms with van der Waals surface area (Å²) in [6, 6.07) is 12.8. The molecule has 0 unspecified atom stereocenters. The first-order valence-corrected chi connectivity index (χ1v) is 10.1. The van der Waals surface area contributed by atoms with Crippen LogP contribution in [0.5, 0.6) is 5.75 Å². The summed E-state index contributed by atoms with van der Waals surface area (Å²) in [5.74, 6) is 0.363. The first-order valence-electron chi connectivity index (χ1n) is 8.50. The van der Waals surface area contributed by atoms with Gasteiger partial charge in [-0.25, -0.2) is 4.98 Å². The van der Waals surface area contributed by atoms with Crippen molar-refractivity contribution in [1.29, 1.82) is 0 Å². The zero-order chi connectivity index (χ0) is 19.8. The lowest BCUT2D eigenvalue weighted by Gasteiger charge is -2.26. The lowest BCUT2D eigenvalue weighted by atomic mass is 10.1. The van der Waals surface area contributed by atoms with Crippen LogP contribution in [0.1, 0.15) is 15.2 Å². The number of aromatic nitrogens is 1. The van der Waals surface area contributed by atoms with Crippen LogP contribution in [-0.4, -0.2) is 30.5 Å². The molecule has 0 saturated heterocycles. The van der Waals surface area contributed by atoms with Crippen molar-refractivity contribution in [3.05, 3.63) is 57.4 Å². The van der Waals surface area contributed by atoms with Crippen LogP contribution in [0.3, 0.4) is 0 Å². The van der Waals surface area contributed by atoms with Crippen LogP contribution in [0.15, 0.2) is 46.9 Å². The van der Waals surface area contributed by atoms with Crippen molar-refractivity contribution in [2.75, 3.05) is 23.9 Å². The van der Waals surface area contributed by atoms with Crippen molar-refractivity contribution in [2.24, 2.45) is 0 Å². The number of nitrogens with zero attached hydrogens (tertiary/aromatic N) is 2. The summed E-state index contributed by atoms with van der Waals surface area (Å²) in [4.78, 5) is 31.5. The summed E-state index contributed by atoms with van der Waals surface area (Å²) in [6.45, 7) is 2.00. The highest BCUT2D eigenvalue weighted by Gasteiger charge is 2.23. The third-order valence-corrected chi connectivity index (χ3v) is 5.86. The molecule has 0 saturated carbocycles. The van der Waals surface area contributed by atoms with Gasteiger partial charge in [-0.15, -0.1) is 11.3 Å². The highest BCUT2D eigenvalue weighted by Crippen LogP contribution is 2.37. The van der Waals surface area contributed by atoms with Crippen LogP contribution >= 0.6 is 27.3 Å². The number of likely N-dealkylation sites (N-methyl/N-ethyl adjacent to an activating group) is 1. The van der Waals surface area contributed by atoms with Crippen molar-refractivity contribution in [3.8, 4) is 17.0 Å². The molecule has 6 nitrogen and oxygen atoms in total. The summed E-state index contributed by atoms with van der Waals surface area (Å²) in [5, 5.41) is 3.38. The van der Waals surface area contributed by atoms with Gasteiger partial charge in [0.05, 0.1) is 11.4 Å². The number of benzene rings is 2. The quantitative estimate of drug-likeness (QED) is 0.628. The van der Waals surface area contributed by atoms with E-state index in [4.69, 9.17) is 4.74 Å². The molecule has 0 radical (unpaired) electrons. The smallest absolute Gasteiger partial charge is 0.264 e. The van der Waals surface area contributed by atoms with Crippen LogP contribution < -0.4 is 15.0 Å². The summed E-state index contributed by atoms with van der Waals surface area (Å²) in [7, 11) is 1.73. The molecule has 142 valence electrons. The van der Waals surface area contributed by atoms with Crippen molar-refractivity contribution >= 4 is 49.9 Å². The highest BCUT2D eigenvalue weighted by molar-refractivity contribution is 9.10. The molecule has 4 rings (SSSR count). The number of nitrogens with one attached hydrogen (secondary N) is 1. The monoisotopic (exact) mass is 457 g/mol. The van der Waals surface area contributed by atoms with E-state index in [1.165, 1.54) is 11.3 Å². The average molecular weight is 458 g/mol. The molecule has 1 aromatic heterocycles. The topological polar surface area (TPSA) is 71.5 Å². The van der Waals surface area contributed by atoms with Crippen LogP contribution in [0.25, 0.3) is 11.3 Å². The minimum absolute atomic E-state index is 0.0464. The number of anilines is 2. The zero-order valence-corrected chi connectivity index (χ0v) is 17.6. The summed E-state index contributed by atoms with van der Waals surface area (Å²) < 4.78 is 6.39. The summed E-state index contributed by atoms with van der Waals surface area (Å²) >= 11 is 4.77. The first-order chi connectivity index (χ1) is 13.4. The van der Waals surface area contributed by atoms with Gasteiger partial charge in [0.15, 0.2) is 11.7 Å². The third kappa shape index (κ3) is 3.53. The van der Waals surface area contributed by atoms with E-state index in [1.54, 1.807) is 24.1 Å². The number of aryl methyl sites for hydroxylation is 1. The summed E-state index contributed by atoms with van der Waals surface area (Å²) in [6.07, 6.45) is 0. The molecule has 1 aliphatic heterocycles. The fourth-order valence-electron chi connectivity index (χ4n) is 2.91. The number of carbonyl (C=O) groups excluding carboxylic acids is 2. The SMILES string of the molecule is Cc1sc(NC(=O)c2ccc(Br)cc2)nc1-c1ccc2c(c1)N(C)C(=O)CO2. The van der Waals surface area contributed by atoms with Crippen LogP contribution in [0.2, 0.25) is 0 Å². The normalized spacial score (nSPS) is 13.1. The molecule has 1 N–H and O–H groups in total. The Hall–Kier alpha value is -2.71. The van der Waals surface area contributed by atoms with Crippen molar-refractivity contribution in [3.63, 3.8) is 0 Å². The maximum Gasteiger partial charge on any atom is 0.264 e. The van der Waals surface area contributed by atoms with Gasteiger partial charge < -0.3 is 9.64 Å². The molecule has 28 heavy (non-hydrogen) atoms. The molecule has 3 aromatic rings. The predicted octanol–water partition coefficient (Wildman–Crippen LogP) is 4.49. The van der Waals surface area contributed by atoms with Crippen molar-refractivity contribution in [1.82, 2.24) is 4.98 Å². The molecule has 0 fully saturated rings. The van der Waals surface area contributed by atoms with Gasteiger partial charge >= 0.3 is 0 Å². The number of rotatable bonds is 3. The van der Waals surface area contributed by atoms with Crippen molar-refractivity contribution < 1.29 is 14.3 Å². The Morgan fingerprint density at radius 2 is 2.00 bits per heavy atom. The molecular weight excluding hydrogens is 442 g/mol. The van der Waals surface area contributed by atoms with Crippen LogP contribution in [0, 0.1) is 6.92 Å². The Labute approximate surface area is 174 Å². The second-order valence-electron chi connectivity index (χ2n) is 6.31. The van der Waals surface area contributed by atoms with E-state index < -0.39 is 0 Å². The molecule has 0 aliphatic carbocycles. The van der Waals surface area contributed by atoms with Crippen LogP contribution in [-0.2, 0) is 4.79 Å². The number of hydrogen-bond donors (Lipinski definition) is 1. The fraction of sp³-hybridized carbons (Fsp3) is 0.150. The Balaban J connectivity index is 1.61. The highest BCUT2D eigenvalue weighted by atomic mass is 79.9. The molecule has 8 heteroatoms. The van der Waals surface area contributed by atoms with Gasteiger partial charge in [-0.2, -0.15) is 0 Å². The third-order valence-electron chi connectivity index (χ3n) is 4.44. The molecule has 2 amide bonds. The molecule has 0 atom stereocenters. The predicted molar refractivity (Wildman–Crippen MR) is 113 cm³/mol. The number of amides is 2. The standard InChI is InChI=1S/C20H16BrN3O3S/c1-11-18(13-5-8-16-15(9-13)24(2)17(25)10-27-16)22-20(28-11)23-19(26)12-3-6-14(21)7-4-12/h3-9H,10H2,1-2H3,(H,22,23,26). The largest absolute Gasteiger partial charge is 0.482 e. The Bertz CT molecular complexity index is 1080. The van der Waals surface area contributed by atoms with E-state index in [0.29, 0.717) is 22.1 Å². The van der Waals surface area contributed by atoms with E-state index >= 15 is 0 Å². The lowest BCUT2D eigenvalue weighted by Crippen LogP contribution is -2.35. The minimum atomic E-state index is -0.211. The number of ether oxygens (including phenoxy) is 1. The first kappa shape index (κ1) is 18.6. The Morgan fingerprint density at radius 3 is 2.75 bits per heavy atom. The van der Waals surface area contributed by atoms with Gasteiger partial charge in [0.25, 0.3) is 11.8 Å².